The number of carbonyl (C=O) groups is 1. The van der Waals surface area contributed by atoms with E-state index in [2.05, 4.69) is 4.90 Å². The van der Waals surface area contributed by atoms with Crippen LogP contribution in [0.5, 0.6) is 5.75 Å². The zero-order chi connectivity index (χ0) is 14.7. The van der Waals surface area contributed by atoms with E-state index < -0.39 is 11.6 Å². The quantitative estimate of drug-likeness (QED) is 0.902. The lowest BCUT2D eigenvalue weighted by Crippen LogP contribution is -2.41. The molecule has 0 saturated carbocycles. The molecular weight excluding hydrogens is 259 g/mol. The van der Waals surface area contributed by atoms with E-state index in [0.717, 1.165) is 25.3 Å². The molecule has 1 aliphatic heterocycles. The monoisotopic (exact) mass is 280 g/mol. The minimum absolute atomic E-state index is 0.144. The van der Waals surface area contributed by atoms with Gasteiger partial charge in [-0.05, 0) is 45.1 Å². The second-order valence-electron chi connectivity index (χ2n) is 5.53. The van der Waals surface area contributed by atoms with Gasteiger partial charge in [0, 0.05) is 24.7 Å². The summed E-state index contributed by atoms with van der Waals surface area (Å²) in [6.45, 7) is 1.38. The molecular formula is C15H21FN2O2. The third-order valence-corrected chi connectivity index (χ3v) is 3.86. The Hall–Kier alpha value is -1.62. The Morgan fingerprint density at radius 2 is 2.15 bits per heavy atom. The number of halogens is 1. The van der Waals surface area contributed by atoms with E-state index in [1.807, 2.05) is 14.1 Å². The maximum Gasteiger partial charge on any atom is 0.254 e. The van der Waals surface area contributed by atoms with E-state index in [0.29, 0.717) is 24.7 Å². The molecule has 5 heteroatoms. The van der Waals surface area contributed by atoms with Crippen LogP contribution in [0.2, 0.25) is 0 Å². The minimum Gasteiger partial charge on any atom is -0.505 e. The number of likely N-dealkylation sites (tertiary alicyclic amines) is 1. The summed E-state index contributed by atoms with van der Waals surface area (Å²) >= 11 is 0. The van der Waals surface area contributed by atoms with E-state index >= 15 is 0 Å². The van der Waals surface area contributed by atoms with Gasteiger partial charge in [0.05, 0.1) is 0 Å². The Kier molecular flexibility index (Phi) is 4.60. The van der Waals surface area contributed by atoms with Gasteiger partial charge in [-0.15, -0.1) is 0 Å². The van der Waals surface area contributed by atoms with Gasteiger partial charge in [-0.3, -0.25) is 4.79 Å². The van der Waals surface area contributed by atoms with Crippen molar-refractivity contribution in [3.8, 4) is 5.75 Å². The number of hydrogen-bond acceptors (Lipinski definition) is 3. The Balaban J connectivity index is 2.16. The fourth-order valence-electron chi connectivity index (χ4n) is 2.55. The van der Waals surface area contributed by atoms with Crippen LogP contribution in [0.25, 0.3) is 0 Å². The first kappa shape index (κ1) is 14.8. The van der Waals surface area contributed by atoms with Crippen molar-refractivity contribution in [1.82, 2.24) is 9.80 Å². The summed E-state index contributed by atoms with van der Waals surface area (Å²) in [7, 11) is 4.03. The van der Waals surface area contributed by atoms with Gasteiger partial charge >= 0.3 is 0 Å². The Morgan fingerprint density at radius 1 is 1.40 bits per heavy atom. The van der Waals surface area contributed by atoms with Gasteiger partial charge in [-0.2, -0.15) is 0 Å². The standard InChI is InChI=1S/C15H21FN2O2/c1-17(2)12-5-3-4-8-18(10-12)15(20)11-6-7-13(16)14(19)9-11/h6-7,9,12,19H,3-5,8,10H2,1-2H3. The number of phenolic OH excluding ortho intramolecular Hbond substituents is 1. The molecule has 1 aromatic rings. The van der Waals surface area contributed by atoms with Crippen LogP contribution in [-0.4, -0.2) is 54.0 Å². The Bertz CT molecular complexity index is 491. The molecule has 1 aliphatic rings. The molecule has 20 heavy (non-hydrogen) atoms. The molecule has 0 radical (unpaired) electrons. The molecule has 0 aliphatic carbocycles. The fraction of sp³-hybridized carbons (Fsp3) is 0.533. The molecule has 0 bridgehead atoms. The Morgan fingerprint density at radius 3 is 2.80 bits per heavy atom. The zero-order valence-corrected chi connectivity index (χ0v) is 12.0. The van der Waals surface area contributed by atoms with Crippen molar-refractivity contribution >= 4 is 5.91 Å². The normalized spacial score (nSPS) is 20.0. The van der Waals surface area contributed by atoms with Crippen LogP contribution >= 0.6 is 0 Å². The highest BCUT2D eigenvalue weighted by molar-refractivity contribution is 5.94. The maximum absolute atomic E-state index is 13.1. The van der Waals surface area contributed by atoms with Crippen molar-refractivity contribution in [2.24, 2.45) is 0 Å². The van der Waals surface area contributed by atoms with Gasteiger partial charge in [-0.1, -0.05) is 6.42 Å². The van der Waals surface area contributed by atoms with Crippen molar-refractivity contribution in [3.05, 3.63) is 29.6 Å². The van der Waals surface area contributed by atoms with Gasteiger partial charge in [0.15, 0.2) is 11.6 Å². The molecule has 1 saturated heterocycles. The number of likely N-dealkylation sites (N-methyl/N-ethyl adjacent to an activating group) is 1. The highest BCUT2D eigenvalue weighted by Crippen LogP contribution is 2.20. The fourth-order valence-corrected chi connectivity index (χ4v) is 2.55. The predicted molar refractivity (Wildman–Crippen MR) is 75.3 cm³/mol. The van der Waals surface area contributed by atoms with Crippen molar-refractivity contribution in [1.29, 1.82) is 0 Å². The van der Waals surface area contributed by atoms with Crippen molar-refractivity contribution in [3.63, 3.8) is 0 Å². The number of nitrogens with zero attached hydrogens (tertiary/aromatic N) is 2. The number of carbonyl (C=O) groups excluding carboxylic acids is 1. The lowest BCUT2D eigenvalue weighted by molar-refractivity contribution is 0.0725. The first-order chi connectivity index (χ1) is 9.49. The number of aromatic hydroxyl groups is 1. The molecule has 2 rings (SSSR count). The topological polar surface area (TPSA) is 43.8 Å². The first-order valence-corrected chi connectivity index (χ1v) is 6.93. The average molecular weight is 280 g/mol. The van der Waals surface area contributed by atoms with Gasteiger partial charge in [-0.25, -0.2) is 4.39 Å². The summed E-state index contributed by atoms with van der Waals surface area (Å²) < 4.78 is 13.1. The summed E-state index contributed by atoms with van der Waals surface area (Å²) in [5.41, 5.74) is 0.336. The molecule has 0 aromatic heterocycles. The SMILES string of the molecule is CN(C)C1CCCCN(C(=O)c2ccc(F)c(O)c2)C1. The van der Waals surface area contributed by atoms with Crippen LogP contribution < -0.4 is 0 Å². The van der Waals surface area contributed by atoms with Gasteiger partial charge in [0.1, 0.15) is 0 Å². The summed E-state index contributed by atoms with van der Waals surface area (Å²) in [4.78, 5) is 16.4. The molecule has 0 spiro atoms. The molecule has 1 amide bonds. The highest BCUT2D eigenvalue weighted by Gasteiger charge is 2.24. The maximum atomic E-state index is 13.1. The van der Waals surface area contributed by atoms with Crippen LogP contribution in [0.15, 0.2) is 18.2 Å². The lowest BCUT2D eigenvalue weighted by Gasteiger charge is -2.28. The van der Waals surface area contributed by atoms with Gasteiger partial charge < -0.3 is 14.9 Å². The van der Waals surface area contributed by atoms with Crippen molar-refractivity contribution in [2.45, 2.75) is 25.3 Å². The molecule has 110 valence electrons. The van der Waals surface area contributed by atoms with Crippen molar-refractivity contribution < 1.29 is 14.3 Å². The largest absolute Gasteiger partial charge is 0.505 e. The third kappa shape index (κ3) is 3.28. The predicted octanol–water partition coefficient (Wildman–Crippen LogP) is 2.09. The van der Waals surface area contributed by atoms with E-state index in [9.17, 15) is 14.3 Å². The molecule has 4 nitrogen and oxygen atoms in total. The molecule has 1 unspecified atom stereocenters. The number of phenols is 1. The number of benzene rings is 1. The van der Waals surface area contributed by atoms with Crippen LogP contribution in [-0.2, 0) is 0 Å². The molecule has 1 aromatic carbocycles. The lowest BCUT2D eigenvalue weighted by atomic mass is 10.1. The van der Waals surface area contributed by atoms with E-state index in [4.69, 9.17) is 0 Å². The van der Waals surface area contributed by atoms with E-state index in [1.54, 1.807) is 4.90 Å². The van der Waals surface area contributed by atoms with Crippen molar-refractivity contribution in [2.75, 3.05) is 27.2 Å². The summed E-state index contributed by atoms with van der Waals surface area (Å²) in [6.07, 6.45) is 3.15. The summed E-state index contributed by atoms with van der Waals surface area (Å²) in [5, 5.41) is 9.39. The van der Waals surface area contributed by atoms with E-state index in [-0.39, 0.29) is 5.91 Å². The van der Waals surface area contributed by atoms with Gasteiger partial charge in [0.25, 0.3) is 5.91 Å². The molecule has 1 atom stereocenters. The number of rotatable bonds is 2. The van der Waals surface area contributed by atoms with Crippen LogP contribution in [0.4, 0.5) is 4.39 Å². The van der Waals surface area contributed by atoms with Crippen LogP contribution in [0, 0.1) is 5.82 Å². The molecule has 1 fully saturated rings. The highest BCUT2D eigenvalue weighted by atomic mass is 19.1. The Labute approximate surface area is 118 Å². The second kappa shape index (κ2) is 6.22. The second-order valence-corrected chi connectivity index (χ2v) is 5.53. The number of hydrogen-bond donors (Lipinski definition) is 1. The van der Waals surface area contributed by atoms with Gasteiger partial charge in [0.2, 0.25) is 0 Å². The average Bonchev–Trinajstić information content (AvgIpc) is 2.67. The third-order valence-electron chi connectivity index (χ3n) is 3.86. The van der Waals surface area contributed by atoms with Crippen LogP contribution in [0.1, 0.15) is 29.6 Å². The number of amides is 1. The zero-order valence-electron chi connectivity index (χ0n) is 12.0. The minimum atomic E-state index is -0.705. The van der Waals surface area contributed by atoms with E-state index in [1.165, 1.54) is 12.1 Å². The summed E-state index contributed by atoms with van der Waals surface area (Å²) in [6, 6.07) is 4.10. The molecule has 1 N–H and O–H groups in total. The van der Waals surface area contributed by atoms with Crippen LogP contribution in [0.3, 0.4) is 0 Å². The summed E-state index contributed by atoms with van der Waals surface area (Å²) in [5.74, 6) is -1.33. The smallest absolute Gasteiger partial charge is 0.254 e. The molecule has 1 heterocycles. The first-order valence-electron chi connectivity index (χ1n) is 6.93.